The van der Waals surface area contributed by atoms with Gasteiger partial charge in [-0.1, -0.05) is 23.9 Å². The first-order valence-corrected chi connectivity index (χ1v) is 12.8. The van der Waals surface area contributed by atoms with E-state index in [2.05, 4.69) is 45.2 Å². The molecule has 2 saturated heterocycles. The van der Waals surface area contributed by atoms with Crippen molar-refractivity contribution in [3.63, 3.8) is 0 Å². The Bertz CT molecular complexity index is 893. The van der Waals surface area contributed by atoms with Crippen LogP contribution in [0.25, 0.3) is 0 Å². The van der Waals surface area contributed by atoms with Gasteiger partial charge in [0.2, 0.25) is 5.91 Å². The molecule has 0 spiro atoms. The molecule has 5 rings (SSSR count). The van der Waals surface area contributed by atoms with Gasteiger partial charge in [0.25, 0.3) is 0 Å². The van der Waals surface area contributed by atoms with E-state index < -0.39 is 0 Å². The molecule has 8 heteroatoms. The van der Waals surface area contributed by atoms with Crippen LogP contribution in [0.3, 0.4) is 0 Å². The van der Waals surface area contributed by atoms with Gasteiger partial charge < -0.3 is 24.8 Å². The number of piperidine rings is 2. The van der Waals surface area contributed by atoms with Crippen molar-refractivity contribution in [1.29, 1.82) is 0 Å². The van der Waals surface area contributed by atoms with Crippen LogP contribution in [0.1, 0.15) is 36.9 Å². The number of aliphatic hydroxyl groups excluding tert-OH is 1. The fraction of sp³-hybridized carbons (Fsp3) is 0.583. The number of rotatable bonds is 6. The zero-order valence-corrected chi connectivity index (χ0v) is 19.4. The van der Waals surface area contributed by atoms with Crippen molar-refractivity contribution >= 4 is 23.4 Å². The van der Waals surface area contributed by atoms with Crippen LogP contribution in [0, 0.1) is 0 Å². The van der Waals surface area contributed by atoms with Crippen molar-refractivity contribution in [1.82, 2.24) is 19.8 Å². The second kappa shape index (κ2) is 9.85. The molecule has 172 valence electrons. The minimum absolute atomic E-state index is 0.165. The predicted molar refractivity (Wildman–Crippen MR) is 127 cm³/mol. The van der Waals surface area contributed by atoms with Gasteiger partial charge in [0.15, 0.2) is 5.16 Å². The number of nitrogens with one attached hydrogen (secondary N) is 1. The average Bonchev–Trinajstić information content (AvgIpc) is 3.41. The van der Waals surface area contributed by atoms with E-state index >= 15 is 0 Å². The number of aromatic nitrogens is 2. The Hall–Kier alpha value is -2.03. The first-order valence-electron chi connectivity index (χ1n) is 11.9. The molecular weight excluding hydrogens is 422 g/mol. The minimum atomic E-state index is -0.247. The molecule has 4 heterocycles. The highest BCUT2D eigenvalue weighted by Gasteiger charge is 2.22. The number of aliphatic hydroxyl groups is 1. The summed E-state index contributed by atoms with van der Waals surface area (Å²) in [5.41, 5.74) is 3.45. The van der Waals surface area contributed by atoms with E-state index in [9.17, 15) is 9.90 Å². The number of aryl methyl sites for hydroxylation is 1. The maximum atomic E-state index is 12.5. The lowest BCUT2D eigenvalue weighted by Crippen LogP contribution is -2.42. The molecule has 1 amide bonds. The van der Waals surface area contributed by atoms with Crippen molar-refractivity contribution < 1.29 is 9.90 Å². The molecular formula is C24H33N5O2S. The smallest absolute Gasteiger partial charge is 0.226 e. The van der Waals surface area contributed by atoms with Gasteiger partial charge in [0, 0.05) is 62.9 Å². The van der Waals surface area contributed by atoms with Gasteiger partial charge in [-0.05, 0) is 43.4 Å². The quantitative estimate of drug-likeness (QED) is 0.696. The normalized spacial score (nSPS) is 20.0. The molecule has 0 bridgehead atoms. The topological polar surface area (TPSA) is 73.6 Å². The fourth-order valence-corrected chi connectivity index (χ4v) is 5.83. The maximum Gasteiger partial charge on any atom is 0.226 e. The molecule has 0 radical (unpaired) electrons. The molecule has 0 atom stereocenters. The van der Waals surface area contributed by atoms with E-state index in [-0.39, 0.29) is 12.0 Å². The first-order chi connectivity index (χ1) is 15.6. The number of imidazole rings is 1. The average molecular weight is 456 g/mol. The number of thioether (sulfide) groups is 1. The molecule has 0 unspecified atom stereocenters. The van der Waals surface area contributed by atoms with Gasteiger partial charge in [-0.2, -0.15) is 0 Å². The number of fused-ring (bicyclic) bond motifs is 1. The van der Waals surface area contributed by atoms with E-state index in [4.69, 9.17) is 4.98 Å². The Kier molecular flexibility index (Phi) is 6.71. The lowest BCUT2D eigenvalue weighted by molar-refractivity contribution is -0.132. The fourth-order valence-electron chi connectivity index (χ4n) is 4.86. The number of amides is 1. The van der Waals surface area contributed by atoms with Crippen LogP contribution in [0.5, 0.6) is 0 Å². The van der Waals surface area contributed by atoms with Gasteiger partial charge in [0.1, 0.15) is 0 Å². The summed E-state index contributed by atoms with van der Waals surface area (Å²) in [6.07, 6.45) is 6.03. The number of carbonyl (C=O) groups is 1. The number of benzene rings is 1. The molecule has 3 aliphatic heterocycles. The molecule has 1 aromatic heterocycles. The molecule has 7 nitrogen and oxygen atoms in total. The van der Waals surface area contributed by atoms with Gasteiger partial charge in [-0.25, -0.2) is 4.98 Å². The largest absolute Gasteiger partial charge is 0.393 e. The second-order valence-electron chi connectivity index (χ2n) is 9.15. The third kappa shape index (κ3) is 5.13. The zero-order chi connectivity index (χ0) is 21.9. The number of hydrogen-bond donors (Lipinski definition) is 2. The number of anilines is 1. The van der Waals surface area contributed by atoms with Crippen LogP contribution in [0.4, 0.5) is 5.69 Å². The summed E-state index contributed by atoms with van der Waals surface area (Å²) >= 11 is 1.85. The SMILES string of the molecule is O=C(Cc1ccc(N2CCC(NCc3cn4c(n3)SCC4)CC2)cc1)N1CCC(O)CC1. The van der Waals surface area contributed by atoms with Gasteiger partial charge in [-0.3, -0.25) is 4.79 Å². The molecule has 32 heavy (non-hydrogen) atoms. The minimum Gasteiger partial charge on any atom is -0.393 e. The Morgan fingerprint density at radius 2 is 1.81 bits per heavy atom. The van der Waals surface area contributed by atoms with E-state index in [1.54, 1.807) is 0 Å². The number of carbonyl (C=O) groups excluding carboxylic acids is 1. The number of hydrogen-bond acceptors (Lipinski definition) is 6. The lowest BCUT2D eigenvalue weighted by Gasteiger charge is -2.34. The second-order valence-corrected chi connectivity index (χ2v) is 10.2. The Morgan fingerprint density at radius 1 is 1.06 bits per heavy atom. The van der Waals surface area contributed by atoms with Crippen LogP contribution >= 0.6 is 11.8 Å². The Labute approximate surface area is 194 Å². The van der Waals surface area contributed by atoms with E-state index in [0.717, 1.165) is 61.2 Å². The highest BCUT2D eigenvalue weighted by Crippen LogP contribution is 2.25. The van der Waals surface area contributed by atoms with Crippen LogP contribution < -0.4 is 10.2 Å². The predicted octanol–water partition coefficient (Wildman–Crippen LogP) is 2.27. The highest BCUT2D eigenvalue weighted by molar-refractivity contribution is 7.99. The summed E-state index contributed by atoms with van der Waals surface area (Å²) in [6, 6.07) is 9.02. The summed E-state index contributed by atoms with van der Waals surface area (Å²) < 4.78 is 2.26. The van der Waals surface area contributed by atoms with Crippen molar-refractivity contribution in [3.05, 3.63) is 41.7 Å². The molecule has 1 aromatic carbocycles. The summed E-state index contributed by atoms with van der Waals surface area (Å²) in [7, 11) is 0. The van der Waals surface area contributed by atoms with Crippen molar-refractivity contribution in [2.45, 2.75) is 62.5 Å². The number of likely N-dealkylation sites (tertiary alicyclic amines) is 1. The summed E-state index contributed by atoms with van der Waals surface area (Å²) in [4.78, 5) is 21.6. The molecule has 2 N–H and O–H groups in total. The molecule has 2 fully saturated rings. The summed E-state index contributed by atoms with van der Waals surface area (Å²) in [5, 5.41) is 14.5. The Balaban J connectivity index is 1.06. The standard InChI is InChI=1S/C24H33N5O2S/c30-22-7-11-28(12-8-22)23(31)15-18-1-3-21(4-2-18)27-9-5-19(6-10-27)25-16-20-17-29-13-14-32-24(29)26-20/h1-4,17,19,22,25,30H,5-16H2. The van der Waals surface area contributed by atoms with E-state index in [1.165, 1.54) is 5.69 Å². The van der Waals surface area contributed by atoms with E-state index in [1.807, 2.05) is 16.7 Å². The third-order valence-corrected chi connectivity index (χ3v) is 7.86. The molecule has 2 aromatic rings. The van der Waals surface area contributed by atoms with Crippen LogP contribution in [-0.4, -0.2) is 69.5 Å². The van der Waals surface area contributed by atoms with Crippen LogP contribution in [0.15, 0.2) is 35.6 Å². The summed E-state index contributed by atoms with van der Waals surface area (Å²) in [6.45, 7) is 5.36. The zero-order valence-electron chi connectivity index (χ0n) is 18.6. The van der Waals surface area contributed by atoms with Crippen molar-refractivity contribution in [2.75, 3.05) is 36.8 Å². The van der Waals surface area contributed by atoms with Crippen molar-refractivity contribution in [2.24, 2.45) is 0 Å². The molecule has 0 saturated carbocycles. The Morgan fingerprint density at radius 3 is 2.53 bits per heavy atom. The van der Waals surface area contributed by atoms with E-state index in [0.29, 0.717) is 38.4 Å². The molecule has 0 aliphatic carbocycles. The molecule has 3 aliphatic rings. The van der Waals surface area contributed by atoms with Crippen LogP contribution in [-0.2, 0) is 24.3 Å². The van der Waals surface area contributed by atoms with Gasteiger partial charge in [0.05, 0.1) is 18.2 Å². The van der Waals surface area contributed by atoms with Gasteiger partial charge >= 0.3 is 0 Å². The maximum absolute atomic E-state index is 12.5. The van der Waals surface area contributed by atoms with Crippen molar-refractivity contribution in [3.8, 4) is 0 Å². The third-order valence-electron chi connectivity index (χ3n) is 6.89. The first kappa shape index (κ1) is 21.8. The summed E-state index contributed by atoms with van der Waals surface area (Å²) in [5.74, 6) is 1.31. The lowest BCUT2D eigenvalue weighted by atomic mass is 10.0. The number of nitrogens with zero attached hydrogens (tertiary/aromatic N) is 4. The monoisotopic (exact) mass is 455 g/mol. The van der Waals surface area contributed by atoms with Crippen LogP contribution in [0.2, 0.25) is 0 Å². The highest BCUT2D eigenvalue weighted by atomic mass is 32.2. The van der Waals surface area contributed by atoms with Gasteiger partial charge in [-0.15, -0.1) is 0 Å².